The number of carbonyl (C=O) groups is 1. The van der Waals surface area contributed by atoms with Crippen molar-refractivity contribution in [1.29, 1.82) is 0 Å². The average Bonchev–Trinajstić information content (AvgIpc) is 3.36. The van der Waals surface area contributed by atoms with Crippen LogP contribution in [0.2, 0.25) is 0 Å². The van der Waals surface area contributed by atoms with Crippen LogP contribution in [0.25, 0.3) is 11.0 Å². The fourth-order valence-corrected chi connectivity index (χ4v) is 4.07. The Bertz CT molecular complexity index is 1410. The molecule has 1 fully saturated rings. The van der Waals surface area contributed by atoms with Gasteiger partial charge in [-0.15, -0.1) is 0 Å². The van der Waals surface area contributed by atoms with Gasteiger partial charge in [0.25, 0.3) is 12.3 Å². The number of aromatic nitrogens is 3. The molecule has 3 heterocycles. The third kappa shape index (κ3) is 4.49. The van der Waals surface area contributed by atoms with Gasteiger partial charge in [0.05, 0.1) is 22.6 Å². The first-order valence-corrected chi connectivity index (χ1v) is 10.7. The second kappa shape index (κ2) is 9.44. The summed E-state index contributed by atoms with van der Waals surface area (Å²) in [6.45, 7) is -2.45. The number of hydrogen-bond donors (Lipinski definition) is 1. The highest BCUT2D eigenvalue weighted by Crippen LogP contribution is 2.32. The van der Waals surface area contributed by atoms with Gasteiger partial charge in [-0.3, -0.25) is 4.79 Å². The van der Waals surface area contributed by atoms with Crippen LogP contribution in [0.1, 0.15) is 67.8 Å². The van der Waals surface area contributed by atoms with E-state index in [1.165, 1.54) is 25.1 Å². The second-order valence-corrected chi connectivity index (χ2v) is 8.10. The first kappa shape index (κ1) is 17.1. The zero-order valence-electron chi connectivity index (χ0n) is 24.6. The molecule has 180 valence electrons. The standard InChI is InChI=1S/C24H27F3N6O/c1-13(15-8-7-9-16(19(15)25)20(26)27)28-21-17-12-18(24(34)32(3)4)23(33-10-5-6-11-33)31-22(17)30-14(2)29-21/h7-9,12-13,20H,5-6,10-11H2,1-4H3,(H,28,29,30,31)/t13-/m1/s1/i3D3,4D3. The van der Waals surface area contributed by atoms with Crippen LogP contribution >= 0.6 is 0 Å². The predicted octanol–water partition coefficient (Wildman–Crippen LogP) is 4.89. The first-order valence-electron chi connectivity index (χ1n) is 13.7. The van der Waals surface area contributed by atoms with Crippen LogP contribution in [0.4, 0.5) is 24.8 Å². The largest absolute Gasteiger partial charge is 0.363 e. The molecular weight excluding hydrogens is 445 g/mol. The Morgan fingerprint density at radius 1 is 1.18 bits per heavy atom. The maximum Gasteiger partial charge on any atom is 0.266 e. The number of nitrogens with one attached hydrogen (secondary N) is 1. The summed E-state index contributed by atoms with van der Waals surface area (Å²) in [4.78, 5) is 28.4. The Balaban J connectivity index is 1.88. The molecule has 34 heavy (non-hydrogen) atoms. The van der Waals surface area contributed by atoms with E-state index >= 15 is 0 Å². The summed E-state index contributed by atoms with van der Waals surface area (Å²) in [7, 11) is 0. The van der Waals surface area contributed by atoms with E-state index in [4.69, 9.17) is 8.22 Å². The van der Waals surface area contributed by atoms with E-state index in [9.17, 15) is 18.0 Å². The summed E-state index contributed by atoms with van der Waals surface area (Å²) in [5.41, 5.74) is -0.974. The maximum atomic E-state index is 14.9. The highest BCUT2D eigenvalue weighted by atomic mass is 19.3. The zero-order valence-corrected chi connectivity index (χ0v) is 18.6. The number of carbonyl (C=O) groups excluding carboxylic acids is 1. The van der Waals surface area contributed by atoms with Crippen LogP contribution in [-0.4, -0.2) is 52.8 Å². The van der Waals surface area contributed by atoms with Crippen molar-refractivity contribution in [2.24, 2.45) is 0 Å². The van der Waals surface area contributed by atoms with Crippen molar-refractivity contribution in [3.8, 4) is 0 Å². The Hall–Kier alpha value is -3.43. The topological polar surface area (TPSA) is 74.2 Å². The minimum absolute atomic E-state index is 0.0591. The molecule has 0 radical (unpaired) electrons. The molecule has 1 aliphatic rings. The van der Waals surface area contributed by atoms with Gasteiger partial charge in [0.1, 0.15) is 23.3 Å². The van der Waals surface area contributed by atoms with Crippen LogP contribution in [0.5, 0.6) is 0 Å². The normalized spacial score (nSPS) is 18.0. The van der Waals surface area contributed by atoms with E-state index in [0.717, 1.165) is 18.9 Å². The summed E-state index contributed by atoms with van der Waals surface area (Å²) >= 11 is 0. The first-order chi connectivity index (χ1) is 18.6. The molecule has 0 unspecified atom stereocenters. The van der Waals surface area contributed by atoms with E-state index in [-0.39, 0.29) is 44.5 Å². The number of halogens is 3. The van der Waals surface area contributed by atoms with E-state index in [2.05, 4.69) is 20.3 Å². The Kier molecular flexibility index (Phi) is 4.74. The van der Waals surface area contributed by atoms with Crippen molar-refractivity contribution in [2.45, 2.75) is 39.2 Å². The fourth-order valence-electron chi connectivity index (χ4n) is 4.07. The van der Waals surface area contributed by atoms with Crippen LogP contribution in [0.3, 0.4) is 0 Å². The summed E-state index contributed by atoms with van der Waals surface area (Å²) in [5.74, 6) is -1.95. The van der Waals surface area contributed by atoms with Crippen LogP contribution in [-0.2, 0) is 0 Å². The fraction of sp³-hybridized carbons (Fsp3) is 0.417. The van der Waals surface area contributed by atoms with Crippen molar-refractivity contribution in [3.05, 3.63) is 52.6 Å². The molecule has 1 atom stereocenters. The van der Waals surface area contributed by atoms with Gasteiger partial charge in [-0.1, -0.05) is 18.2 Å². The molecule has 0 bridgehead atoms. The number of amides is 1. The molecule has 0 aliphatic carbocycles. The Morgan fingerprint density at radius 3 is 2.56 bits per heavy atom. The number of aryl methyl sites for hydroxylation is 1. The molecule has 1 aromatic carbocycles. The van der Waals surface area contributed by atoms with Gasteiger partial charge in [-0.25, -0.2) is 28.1 Å². The lowest BCUT2D eigenvalue weighted by atomic mass is 10.0. The molecule has 1 N–H and O–H groups in total. The quantitative estimate of drug-likeness (QED) is 0.544. The van der Waals surface area contributed by atoms with Gasteiger partial charge in [0, 0.05) is 40.8 Å². The molecule has 10 heteroatoms. The lowest BCUT2D eigenvalue weighted by molar-refractivity contribution is 0.0828. The third-order valence-corrected chi connectivity index (χ3v) is 5.73. The van der Waals surface area contributed by atoms with Gasteiger partial charge in [-0.05, 0) is 32.8 Å². The molecule has 1 amide bonds. The van der Waals surface area contributed by atoms with Crippen LogP contribution in [0, 0.1) is 12.7 Å². The highest BCUT2D eigenvalue weighted by Gasteiger charge is 2.25. The van der Waals surface area contributed by atoms with Gasteiger partial charge < -0.3 is 15.1 Å². The van der Waals surface area contributed by atoms with Crippen molar-refractivity contribution in [3.63, 3.8) is 0 Å². The van der Waals surface area contributed by atoms with Crippen molar-refractivity contribution in [2.75, 3.05) is 37.3 Å². The molecule has 4 rings (SSSR count). The minimum atomic E-state index is -3.29. The number of benzene rings is 1. The summed E-state index contributed by atoms with van der Waals surface area (Å²) < 4.78 is 87.7. The predicted molar refractivity (Wildman–Crippen MR) is 125 cm³/mol. The molecule has 7 nitrogen and oxygen atoms in total. The smallest absolute Gasteiger partial charge is 0.266 e. The number of fused-ring (bicyclic) bond motifs is 1. The number of alkyl halides is 2. The number of rotatable bonds is 6. The van der Waals surface area contributed by atoms with Gasteiger partial charge >= 0.3 is 0 Å². The van der Waals surface area contributed by atoms with E-state index in [1.54, 1.807) is 11.8 Å². The molecule has 0 saturated carbocycles. The SMILES string of the molecule is [2H]C([2H])([2H])N(C(=O)c1cc2c(N[C@H](C)c3cccc(C(F)F)c3F)nc(C)nc2nc1N1CCCC1)C([2H])([2H])[2H]. The highest BCUT2D eigenvalue weighted by molar-refractivity contribution is 6.03. The minimum Gasteiger partial charge on any atom is -0.363 e. The maximum absolute atomic E-state index is 14.9. The van der Waals surface area contributed by atoms with Crippen molar-refractivity contribution < 1.29 is 26.2 Å². The van der Waals surface area contributed by atoms with Crippen molar-refractivity contribution >= 4 is 28.6 Å². The zero-order chi connectivity index (χ0) is 29.6. The average molecular weight is 479 g/mol. The molecule has 2 aromatic heterocycles. The molecule has 3 aromatic rings. The summed E-state index contributed by atoms with van der Waals surface area (Å²) in [5, 5.41) is 3.09. The molecular formula is C24H27F3N6O. The Labute approximate surface area is 204 Å². The number of nitrogens with zero attached hydrogens (tertiary/aromatic N) is 5. The lowest BCUT2D eigenvalue weighted by Gasteiger charge is -2.23. The molecule has 1 aliphatic heterocycles. The summed E-state index contributed by atoms with van der Waals surface area (Å²) in [6.07, 6.45) is -1.45. The number of anilines is 2. The Morgan fingerprint density at radius 2 is 1.88 bits per heavy atom. The lowest BCUT2D eigenvalue weighted by Crippen LogP contribution is -2.28. The monoisotopic (exact) mass is 478 g/mol. The van der Waals surface area contributed by atoms with Crippen LogP contribution < -0.4 is 10.2 Å². The van der Waals surface area contributed by atoms with E-state index in [0.29, 0.717) is 13.1 Å². The van der Waals surface area contributed by atoms with Gasteiger partial charge in [0.15, 0.2) is 5.65 Å². The molecule has 1 saturated heterocycles. The van der Waals surface area contributed by atoms with Crippen molar-refractivity contribution in [1.82, 2.24) is 19.9 Å². The third-order valence-electron chi connectivity index (χ3n) is 5.73. The summed E-state index contributed by atoms with van der Waals surface area (Å²) in [6, 6.07) is 4.03. The molecule has 0 spiro atoms. The number of hydrogen-bond acceptors (Lipinski definition) is 6. The second-order valence-electron chi connectivity index (χ2n) is 8.10. The van der Waals surface area contributed by atoms with Gasteiger partial charge in [0.2, 0.25) is 0 Å². The van der Waals surface area contributed by atoms with Gasteiger partial charge in [-0.2, -0.15) is 0 Å². The van der Waals surface area contributed by atoms with E-state index < -0.39 is 43.7 Å². The van der Waals surface area contributed by atoms with E-state index in [1.807, 2.05) is 0 Å². The van der Waals surface area contributed by atoms with Crippen LogP contribution in [0.15, 0.2) is 24.3 Å². The number of pyridine rings is 1.